The molecule has 0 aliphatic carbocycles. The minimum Gasteiger partial charge on any atom is -0.482 e. The van der Waals surface area contributed by atoms with Crippen LogP contribution in [0.5, 0.6) is 5.75 Å². The van der Waals surface area contributed by atoms with Crippen molar-refractivity contribution in [1.29, 1.82) is 0 Å². The fourth-order valence-electron chi connectivity index (χ4n) is 1.86. The molecule has 7 heteroatoms. The summed E-state index contributed by atoms with van der Waals surface area (Å²) >= 11 is 11.7. The van der Waals surface area contributed by atoms with Crippen LogP contribution < -0.4 is 15.4 Å². The van der Waals surface area contributed by atoms with Gasteiger partial charge in [-0.15, -0.1) is 0 Å². The van der Waals surface area contributed by atoms with Crippen LogP contribution in [0.1, 0.15) is 0 Å². The van der Waals surface area contributed by atoms with Gasteiger partial charge >= 0.3 is 0 Å². The number of nitrogens with one attached hydrogen (secondary N) is 2. The van der Waals surface area contributed by atoms with E-state index in [1.807, 2.05) is 0 Å². The van der Waals surface area contributed by atoms with Gasteiger partial charge in [0.25, 0.3) is 5.91 Å². The van der Waals surface area contributed by atoms with Crippen LogP contribution in [0.3, 0.4) is 0 Å². The van der Waals surface area contributed by atoms with Crippen LogP contribution in [-0.2, 0) is 4.79 Å². The summed E-state index contributed by atoms with van der Waals surface area (Å²) in [6.45, 7) is 4.25. The van der Waals surface area contributed by atoms with Gasteiger partial charge in [0, 0.05) is 31.2 Å². The highest BCUT2D eigenvalue weighted by Crippen LogP contribution is 2.27. The number of hydrogen-bond donors (Lipinski definition) is 2. The molecule has 1 aromatic rings. The van der Waals surface area contributed by atoms with Gasteiger partial charge in [-0.2, -0.15) is 0 Å². The molecule has 5 nitrogen and oxygen atoms in total. The molecule has 0 spiro atoms. The number of hydrogen-bond acceptors (Lipinski definition) is 4. The Balaban J connectivity index is 1.71. The number of piperazine rings is 1. The maximum Gasteiger partial charge on any atom is 0.258 e. The molecular formula is C13H17Cl2N3O2. The summed E-state index contributed by atoms with van der Waals surface area (Å²) in [4.78, 5) is 13.9. The third-order valence-corrected chi connectivity index (χ3v) is 3.49. The third kappa shape index (κ3) is 4.83. The first-order valence-electron chi connectivity index (χ1n) is 6.43. The van der Waals surface area contributed by atoms with Crippen LogP contribution in [0.4, 0.5) is 0 Å². The number of benzene rings is 1. The fraction of sp³-hybridized carbons (Fsp3) is 0.462. The summed E-state index contributed by atoms with van der Waals surface area (Å²) in [5.41, 5.74) is 0. The second-order valence-electron chi connectivity index (χ2n) is 4.49. The third-order valence-electron chi connectivity index (χ3n) is 2.96. The lowest BCUT2D eigenvalue weighted by atomic mass is 10.3. The molecule has 1 amide bonds. The van der Waals surface area contributed by atoms with Crippen molar-refractivity contribution >= 4 is 29.1 Å². The molecule has 0 aromatic heterocycles. The molecule has 0 unspecified atom stereocenters. The van der Waals surface area contributed by atoms with E-state index >= 15 is 0 Å². The monoisotopic (exact) mass is 317 g/mol. The van der Waals surface area contributed by atoms with Gasteiger partial charge in [-0.05, 0) is 18.2 Å². The highest BCUT2D eigenvalue weighted by atomic mass is 35.5. The number of rotatable bonds is 5. The van der Waals surface area contributed by atoms with E-state index in [9.17, 15) is 4.79 Å². The van der Waals surface area contributed by atoms with Crippen molar-refractivity contribution in [2.24, 2.45) is 0 Å². The molecule has 2 rings (SSSR count). The fourth-order valence-corrected chi connectivity index (χ4v) is 2.32. The molecule has 20 heavy (non-hydrogen) atoms. The zero-order valence-electron chi connectivity index (χ0n) is 11.0. The topological polar surface area (TPSA) is 53.6 Å². The predicted octanol–water partition coefficient (Wildman–Crippen LogP) is 1.35. The number of amides is 1. The van der Waals surface area contributed by atoms with Crippen molar-refractivity contribution in [2.75, 3.05) is 39.5 Å². The highest BCUT2D eigenvalue weighted by Gasteiger charge is 2.11. The standard InChI is InChI=1S/C13H17Cl2N3O2/c14-10-1-2-12(11(15)7-10)20-8-13(19)17-9-18-5-3-16-4-6-18/h1-2,7,16H,3-6,8-9H2,(H,17,19). The van der Waals surface area contributed by atoms with E-state index in [1.165, 1.54) is 0 Å². The lowest BCUT2D eigenvalue weighted by molar-refractivity contribution is -0.123. The number of carbonyl (C=O) groups is 1. The molecule has 1 saturated heterocycles. The molecule has 2 N–H and O–H groups in total. The molecule has 0 bridgehead atoms. The Morgan fingerprint density at radius 2 is 2.10 bits per heavy atom. The maximum atomic E-state index is 11.7. The molecule has 1 fully saturated rings. The Morgan fingerprint density at radius 3 is 2.80 bits per heavy atom. The van der Waals surface area contributed by atoms with Crippen LogP contribution in [0.2, 0.25) is 10.0 Å². The van der Waals surface area contributed by atoms with Crippen molar-refractivity contribution in [3.05, 3.63) is 28.2 Å². The molecule has 1 aliphatic rings. The highest BCUT2D eigenvalue weighted by molar-refractivity contribution is 6.35. The van der Waals surface area contributed by atoms with E-state index in [-0.39, 0.29) is 12.5 Å². The number of carbonyl (C=O) groups excluding carboxylic acids is 1. The largest absolute Gasteiger partial charge is 0.482 e. The lowest BCUT2D eigenvalue weighted by Gasteiger charge is -2.27. The van der Waals surface area contributed by atoms with E-state index in [1.54, 1.807) is 18.2 Å². The van der Waals surface area contributed by atoms with Gasteiger partial charge < -0.3 is 15.4 Å². The Hall–Kier alpha value is -1.01. The van der Waals surface area contributed by atoms with E-state index in [0.29, 0.717) is 22.5 Å². The summed E-state index contributed by atoms with van der Waals surface area (Å²) < 4.78 is 5.36. The van der Waals surface area contributed by atoms with Crippen LogP contribution in [0.25, 0.3) is 0 Å². The zero-order chi connectivity index (χ0) is 14.4. The Kier molecular flexibility index (Phi) is 5.91. The van der Waals surface area contributed by atoms with Crippen molar-refractivity contribution in [2.45, 2.75) is 0 Å². The van der Waals surface area contributed by atoms with Gasteiger partial charge in [-0.1, -0.05) is 23.2 Å². The van der Waals surface area contributed by atoms with E-state index in [4.69, 9.17) is 27.9 Å². The Labute approximate surface area is 128 Å². The summed E-state index contributed by atoms with van der Waals surface area (Å²) in [5, 5.41) is 7.00. The molecule has 110 valence electrons. The van der Waals surface area contributed by atoms with Crippen molar-refractivity contribution in [3.63, 3.8) is 0 Å². The second-order valence-corrected chi connectivity index (χ2v) is 5.33. The SMILES string of the molecule is O=C(COc1ccc(Cl)cc1Cl)NCN1CCNCC1. The quantitative estimate of drug-likeness (QED) is 0.861. The van der Waals surface area contributed by atoms with Crippen molar-refractivity contribution in [1.82, 2.24) is 15.5 Å². The van der Waals surface area contributed by atoms with Gasteiger partial charge in [0.05, 0.1) is 11.7 Å². The molecular weight excluding hydrogens is 301 g/mol. The molecule has 0 radical (unpaired) electrons. The first-order valence-corrected chi connectivity index (χ1v) is 7.18. The zero-order valence-corrected chi connectivity index (χ0v) is 12.5. The van der Waals surface area contributed by atoms with E-state index in [0.717, 1.165) is 26.2 Å². The molecule has 1 heterocycles. The van der Waals surface area contributed by atoms with Gasteiger partial charge in [0.2, 0.25) is 0 Å². The van der Waals surface area contributed by atoms with Crippen LogP contribution in [0, 0.1) is 0 Å². The molecule has 1 aromatic carbocycles. The van der Waals surface area contributed by atoms with Crippen LogP contribution >= 0.6 is 23.2 Å². The summed E-state index contributed by atoms with van der Waals surface area (Å²) in [5.74, 6) is 0.280. The van der Waals surface area contributed by atoms with E-state index in [2.05, 4.69) is 15.5 Å². The summed E-state index contributed by atoms with van der Waals surface area (Å²) in [6, 6.07) is 4.90. The number of halogens is 2. The molecule has 0 saturated carbocycles. The second kappa shape index (κ2) is 7.69. The average Bonchev–Trinajstić information content (AvgIpc) is 2.45. The predicted molar refractivity (Wildman–Crippen MR) is 79.4 cm³/mol. The van der Waals surface area contributed by atoms with Crippen molar-refractivity contribution < 1.29 is 9.53 Å². The first kappa shape index (κ1) is 15.4. The minimum atomic E-state index is -0.172. The van der Waals surface area contributed by atoms with E-state index < -0.39 is 0 Å². The van der Waals surface area contributed by atoms with Gasteiger partial charge in [-0.25, -0.2) is 0 Å². The molecule has 1 aliphatic heterocycles. The Bertz CT molecular complexity index is 465. The Morgan fingerprint density at radius 1 is 1.35 bits per heavy atom. The smallest absolute Gasteiger partial charge is 0.258 e. The van der Waals surface area contributed by atoms with Gasteiger partial charge in [0.15, 0.2) is 6.61 Å². The number of nitrogens with zero attached hydrogens (tertiary/aromatic N) is 1. The van der Waals surface area contributed by atoms with Crippen LogP contribution in [-0.4, -0.2) is 50.3 Å². The first-order chi connectivity index (χ1) is 9.65. The minimum absolute atomic E-state index is 0.0621. The lowest BCUT2D eigenvalue weighted by Crippen LogP contribution is -2.48. The number of ether oxygens (including phenoxy) is 1. The average molecular weight is 318 g/mol. The molecule has 0 atom stereocenters. The van der Waals surface area contributed by atoms with Gasteiger partial charge in [-0.3, -0.25) is 9.69 Å². The maximum absolute atomic E-state index is 11.7. The summed E-state index contributed by atoms with van der Waals surface area (Å²) in [7, 11) is 0. The van der Waals surface area contributed by atoms with Gasteiger partial charge in [0.1, 0.15) is 5.75 Å². The summed E-state index contributed by atoms with van der Waals surface area (Å²) in [6.07, 6.45) is 0. The van der Waals surface area contributed by atoms with Crippen LogP contribution in [0.15, 0.2) is 18.2 Å². The van der Waals surface area contributed by atoms with Crippen molar-refractivity contribution in [3.8, 4) is 5.75 Å². The normalized spacial score (nSPS) is 15.9.